The number of benzene rings is 2. The third kappa shape index (κ3) is 3.09. The number of nitrogens with one attached hydrogen (secondary N) is 1. The van der Waals surface area contributed by atoms with Crippen LogP contribution in [0.5, 0.6) is 11.5 Å². The number of carbonyl (C=O) groups is 2. The predicted molar refractivity (Wildman–Crippen MR) is 97.2 cm³/mol. The van der Waals surface area contributed by atoms with E-state index in [1.807, 2.05) is 0 Å². The molecule has 0 aromatic heterocycles. The number of thiocarbonyl (C=S) groups is 1. The van der Waals surface area contributed by atoms with Gasteiger partial charge in [0.2, 0.25) is 0 Å². The highest BCUT2D eigenvalue weighted by molar-refractivity contribution is 7.80. The van der Waals surface area contributed by atoms with E-state index in [4.69, 9.17) is 12.2 Å². The molecular formula is C18H14N2O4S. The maximum Gasteiger partial charge on any atom is 0.270 e. The highest BCUT2D eigenvalue weighted by atomic mass is 32.1. The Hall–Kier alpha value is -3.19. The van der Waals surface area contributed by atoms with E-state index in [2.05, 4.69) is 5.32 Å². The number of phenolic OH excluding ortho intramolecular Hbond substituents is 2. The summed E-state index contributed by atoms with van der Waals surface area (Å²) in [5.41, 5.74) is 1.10. The number of phenols is 2. The highest BCUT2D eigenvalue weighted by Crippen LogP contribution is 2.31. The first kappa shape index (κ1) is 16.7. The monoisotopic (exact) mass is 354 g/mol. The summed E-state index contributed by atoms with van der Waals surface area (Å²) in [4.78, 5) is 26.1. The molecule has 3 rings (SSSR count). The van der Waals surface area contributed by atoms with Crippen molar-refractivity contribution in [3.63, 3.8) is 0 Å². The number of aromatic hydroxyl groups is 2. The molecule has 0 unspecified atom stereocenters. The minimum atomic E-state index is -0.684. The van der Waals surface area contributed by atoms with Gasteiger partial charge < -0.3 is 10.2 Å². The first-order valence-corrected chi connectivity index (χ1v) is 7.78. The molecule has 2 amide bonds. The number of para-hydroxylation sites is 1. The number of anilines is 1. The smallest absolute Gasteiger partial charge is 0.270 e. The topological polar surface area (TPSA) is 89.9 Å². The SMILES string of the molecule is Cc1ccc(N2C(=O)/C(=C\c3ccccc3O)C(=O)NC2=S)c(O)c1. The molecule has 25 heavy (non-hydrogen) atoms. The summed E-state index contributed by atoms with van der Waals surface area (Å²) in [5, 5.41) is 22.3. The minimum Gasteiger partial charge on any atom is -0.507 e. The van der Waals surface area contributed by atoms with Crippen LogP contribution in [0.3, 0.4) is 0 Å². The maximum absolute atomic E-state index is 12.8. The van der Waals surface area contributed by atoms with Crippen molar-refractivity contribution in [1.29, 1.82) is 0 Å². The first-order valence-electron chi connectivity index (χ1n) is 7.37. The Bertz CT molecular complexity index is 936. The van der Waals surface area contributed by atoms with Gasteiger partial charge in [0.05, 0.1) is 5.69 Å². The van der Waals surface area contributed by atoms with Gasteiger partial charge in [0.1, 0.15) is 17.1 Å². The van der Waals surface area contributed by atoms with Crippen molar-refractivity contribution >= 4 is 40.9 Å². The molecule has 6 nitrogen and oxygen atoms in total. The Kier molecular flexibility index (Phi) is 4.24. The number of carbonyl (C=O) groups excluding carboxylic acids is 2. The standard InChI is InChI=1S/C18H14N2O4S/c1-10-6-7-13(15(22)8-10)20-17(24)12(16(23)19-18(20)25)9-11-4-2-3-5-14(11)21/h2-9,21-22H,1H3,(H,19,23,25)/b12-9-. The molecule has 1 fully saturated rings. The highest BCUT2D eigenvalue weighted by Gasteiger charge is 2.35. The number of aryl methyl sites for hydroxylation is 1. The molecule has 0 spiro atoms. The number of nitrogens with zero attached hydrogens (tertiary/aromatic N) is 1. The zero-order valence-corrected chi connectivity index (χ0v) is 14.0. The lowest BCUT2D eigenvalue weighted by molar-refractivity contribution is -0.122. The van der Waals surface area contributed by atoms with Crippen LogP contribution in [0.25, 0.3) is 6.08 Å². The number of hydrogen-bond acceptors (Lipinski definition) is 5. The van der Waals surface area contributed by atoms with Crippen LogP contribution in [0.4, 0.5) is 5.69 Å². The van der Waals surface area contributed by atoms with Crippen LogP contribution in [0.1, 0.15) is 11.1 Å². The van der Waals surface area contributed by atoms with E-state index in [1.54, 1.807) is 37.3 Å². The second kappa shape index (κ2) is 6.37. The van der Waals surface area contributed by atoms with Crippen LogP contribution in [-0.2, 0) is 9.59 Å². The van der Waals surface area contributed by atoms with Crippen LogP contribution in [0, 0.1) is 6.92 Å². The normalized spacial score (nSPS) is 16.3. The lowest BCUT2D eigenvalue weighted by Crippen LogP contribution is -2.54. The van der Waals surface area contributed by atoms with E-state index >= 15 is 0 Å². The van der Waals surface area contributed by atoms with Gasteiger partial charge in [-0.1, -0.05) is 24.3 Å². The van der Waals surface area contributed by atoms with Gasteiger partial charge >= 0.3 is 0 Å². The third-order valence-electron chi connectivity index (χ3n) is 3.71. The molecule has 7 heteroatoms. The van der Waals surface area contributed by atoms with Crippen molar-refractivity contribution in [2.24, 2.45) is 0 Å². The summed E-state index contributed by atoms with van der Waals surface area (Å²) in [6.45, 7) is 1.80. The second-order valence-electron chi connectivity index (χ2n) is 5.51. The summed E-state index contributed by atoms with van der Waals surface area (Å²) in [6, 6.07) is 11.1. The predicted octanol–water partition coefficient (Wildman–Crippen LogP) is 2.24. The van der Waals surface area contributed by atoms with E-state index in [1.165, 1.54) is 18.2 Å². The molecule has 0 bridgehead atoms. The molecule has 2 aromatic rings. The number of amides is 2. The molecule has 0 aliphatic carbocycles. The fourth-order valence-electron chi connectivity index (χ4n) is 2.46. The van der Waals surface area contributed by atoms with Crippen LogP contribution < -0.4 is 10.2 Å². The molecule has 1 saturated heterocycles. The quantitative estimate of drug-likeness (QED) is 0.437. The Morgan fingerprint density at radius 2 is 1.80 bits per heavy atom. The molecule has 1 aliphatic heterocycles. The van der Waals surface area contributed by atoms with Gasteiger partial charge in [0.15, 0.2) is 5.11 Å². The zero-order valence-electron chi connectivity index (χ0n) is 13.2. The number of rotatable bonds is 2. The van der Waals surface area contributed by atoms with Gasteiger partial charge in [0, 0.05) is 5.56 Å². The van der Waals surface area contributed by atoms with E-state index < -0.39 is 11.8 Å². The van der Waals surface area contributed by atoms with E-state index in [9.17, 15) is 19.8 Å². The van der Waals surface area contributed by atoms with Crippen molar-refractivity contribution in [2.75, 3.05) is 4.90 Å². The fraction of sp³-hybridized carbons (Fsp3) is 0.0556. The molecule has 0 radical (unpaired) electrons. The molecule has 126 valence electrons. The molecular weight excluding hydrogens is 340 g/mol. The molecule has 3 N–H and O–H groups in total. The Balaban J connectivity index is 2.07. The summed E-state index contributed by atoms with van der Waals surface area (Å²) in [6.07, 6.45) is 1.28. The lowest BCUT2D eigenvalue weighted by atomic mass is 10.1. The van der Waals surface area contributed by atoms with Gasteiger partial charge in [-0.2, -0.15) is 0 Å². The Labute approximate surface area is 149 Å². The van der Waals surface area contributed by atoms with E-state index in [-0.39, 0.29) is 27.9 Å². The van der Waals surface area contributed by atoms with Gasteiger partial charge in [-0.25, -0.2) is 4.90 Å². The first-order chi connectivity index (χ1) is 11.9. The largest absolute Gasteiger partial charge is 0.507 e. The van der Waals surface area contributed by atoms with E-state index in [0.29, 0.717) is 5.56 Å². The Morgan fingerprint density at radius 1 is 1.08 bits per heavy atom. The molecule has 0 atom stereocenters. The molecule has 1 heterocycles. The van der Waals surface area contributed by atoms with Crippen molar-refractivity contribution in [3.05, 3.63) is 59.2 Å². The maximum atomic E-state index is 12.8. The average Bonchev–Trinajstić information content (AvgIpc) is 2.55. The summed E-state index contributed by atoms with van der Waals surface area (Å²) >= 11 is 5.08. The van der Waals surface area contributed by atoms with Crippen molar-refractivity contribution < 1.29 is 19.8 Å². The van der Waals surface area contributed by atoms with Crippen molar-refractivity contribution in [1.82, 2.24) is 5.32 Å². The van der Waals surface area contributed by atoms with E-state index in [0.717, 1.165) is 10.5 Å². The number of hydrogen-bond donors (Lipinski definition) is 3. The van der Waals surface area contributed by atoms with Crippen molar-refractivity contribution in [2.45, 2.75) is 6.92 Å². The summed E-state index contributed by atoms with van der Waals surface area (Å²) in [5.74, 6) is -1.54. The minimum absolute atomic E-state index is 0.0616. The zero-order chi connectivity index (χ0) is 18.1. The van der Waals surface area contributed by atoms with Crippen LogP contribution in [0.15, 0.2) is 48.0 Å². The van der Waals surface area contributed by atoms with Gasteiger partial charge in [-0.15, -0.1) is 0 Å². The van der Waals surface area contributed by atoms with Gasteiger partial charge in [0.25, 0.3) is 11.8 Å². The van der Waals surface area contributed by atoms with Crippen LogP contribution in [-0.4, -0.2) is 27.1 Å². The van der Waals surface area contributed by atoms with Crippen LogP contribution in [0.2, 0.25) is 0 Å². The van der Waals surface area contributed by atoms with Gasteiger partial charge in [-0.3, -0.25) is 14.9 Å². The molecule has 0 saturated carbocycles. The summed E-state index contributed by atoms with van der Waals surface area (Å²) in [7, 11) is 0. The second-order valence-corrected chi connectivity index (χ2v) is 5.90. The lowest BCUT2D eigenvalue weighted by Gasteiger charge is -2.29. The van der Waals surface area contributed by atoms with Gasteiger partial charge in [-0.05, 0) is 49.0 Å². The Morgan fingerprint density at radius 3 is 2.48 bits per heavy atom. The molecule has 2 aromatic carbocycles. The third-order valence-corrected chi connectivity index (χ3v) is 3.99. The average molecular weight is 354 g/mol. The fourth-order valence-corrected chi connectivity index (χ4v) is 2.74. The molecule has 1 aliphatic rings. The summed E-state index contributed by atoms with van der Waals surface area (Å²) < 4.78 is 0. The van der Waals surface area contributed by atoms with Crippen LogP contribution >= 0.6 is 12.2 Å². The van der Waals surface area contributed by atoms with Crippen molar-refractivity contribution in [3.8, 4) is 11.5 Å².